The minimum Gasteiger partial charge on any atom is -0.466 e. The van der Waals surface area contributed by atoms with Crippen LogP contribution < -0.4 is 10.9 Å². The van der Waals surface area contributed by atoms with E-state index in [1.165, 1.54) is 32.9 Å². The number of alkyl halides is 6. The highest BCUT2D eigenvalue weighted by Crippen LogP contribution is 2.43. The van der Waals surface area contributed by atoms with Crippen molar-refractivity contribution in [3.05, 3.63) is 91.9 Å². The van der Waals surface area contributed by atoms with Crippen LogP contribution in [0.1, 0.15) is 79.5 Å². The summed E-state index contributed by atoms with van der Waals surface area (Å²) in [5, 5.41) is 13.9. The lowest BCUT2D eigenvalue weighted by atomic mass is 9.87. The molecule has 2 aromatic carbocycles. The van der Waals surface area contributed by atoms with Crippen molar-refractivity contribution < 1.29 is 54.6 Å². The van der Waals surface area contributed by atoms with E-state index in [1.54, 1.807) is 19.9 Å². The normalized spacial score (nSPS) is 15.5. The molecule has 1 aromatic heterocycles. The second-order valence-corrected chi connectivity index (χ2v) is 13.6. The number of ether oxygens (including phenoxy) is 1. The summed E-state index contributed by atoms with van der Waals surface area (Å²) in [6, 6.07) is 3.24. The molecule has 1 aliphatic rings. The van der Waals surface area contributed by atoms with Crippen molar-refractivity contribution >= 4 is 11.9 Å². The number of pyridine rings is 1. The van der Waals surface area contributed by atoms with Crippen LogP contribution in [-0.4, -0.2) is 52.7 Å². The fourth-order valence-electron chi connectivity index (χ4n) is 6.51. The first-order chi connectivity index (χ1) is 24.6. The largest absolute Gasteiger partial charge is 0.466 e. The van der Waals surface area contributed by atoms with Gasteiger partial charge in [-0.1, -0.05) is 32.0 Å². The van der Waals surface area contributed by atoms with Gasteiger partial charge >= 0.3 is 18.3 Å². The molecule has 0 aliphatic carbocycles. The summed E-state index contributed by atoms with van der Waals surface area (Å²) in [7, 11) is 0. The summed E-state index contributed by atoms with van der Waals surface area (Å²) < 4.78 is 124. The van der Waals surface area contributed by atoms with Crippen molar-refractivity contribution in [1.29, 1.82) is 0 Å². The summed E-state index contributed by atoms with van der Waals surface area (Å²) in [5.41, 5.74) is -10.5. The average Bonchev–Trinajstić information content (AvgIpc) is 2.99. The molecule has 1 saturated heterocycles. The van der Waals surface area contributed by atoms with Crippen LogP contribution in [0.3, 0.4) is 0 Å². The first-order valence-corrected chi connectivity index (χ1v) is 17.0. The predicted molar refractivity (Wildman–Crippen MR) is 179 cm³/mol. The number of hydrogen-bond acceptors (Lipinski definition) is 6. The number of likely N-dealkylation sites (tertiary alicyclic amines) is 1. The standard InChI is InChI=1S/C37H41F8N3O5/c1-6-53-29(50)18-35(52,31-32(38)24(16-26(33(31)39)37(43,44)45)30-21(4)9-7-10-22(30)5)46-34(51)27(15-20(2)3)48-19-23(11-14-47-12-8-13-47)25(17-28(48)49)36(40,41)42/h7,9-10,16-17,19-20,27,52H,6,8,11-15,18H2,1-5H3,(H,46,51)/t27?,35-/m1/s1. The van der Waals surface area contributed by atoms with Gasteiger partial charge in [0.25, 0.3) is 5.56 Å². The van der Waals surface area contributed by atoms with E-state index >= 15 is 8.78 Å². The lowest BCUT2D eigenvalue weighted by Gasteiger charge is -2.34. The van der Waals surface area contributed by atoms with Crippen LogP contribution in [0.2, 0.25) is 0 Å². The molecule has 2 N–H and O–H groups in total. The van der Waals surface area contributed by atoms with Gasteiger partial charge in [0, 0.05) is 24.4 Å². The molecule has 16 heteroatoms. The number of rotatable bonds is 13. The van der Waals surface area contributed by atoms with Gasteiger partial charge in [0.1, 0.15) is 17.7 Å². The Hall–Kier alpha value is -4.31. The van der Waals surface area contributed by atoms with Crippen LogP contribution in [0.5, 0.6) is 0 Å². The Kier molecular flexibility index (Phi) is 12.5. The maximum absolute atomic E-state index is 16.7. The highest BCUT2D eigenvalue weighted by molar-refractivity contribution is 5.83. The minimum atomic E-state index is -5.47. The molecule has 1 fully saturated rings. The third kappa shape index (κ3) is 9.26. The van der Waals surface area contributed by atoms with E-state index in [0.717, 1.165) is 12.6 Å². The maximum Gasteiger partial charge on any atom is 0.419 e. The van der Waals surface area contributed by atoms with Gasteiger partial charge in [-0.3, -0.25) is 14.4 Å². The van der Waals surface area contributed by atoms with Crippen LogP contribution >= 0.6 is 0 Å². The number of nitrogens with one attached hydrogen (secondary N) is 1. The molecule has 2 heterocycles. The summed E-state index contributed by atoms with van der Waals surface area (Å²) in [5.74, 6) is -7.34. The molecule has 0 radical (unpaired) electrons. The van der Waals surface area contributed by atoms with Gasteiger partial charge in [-0.2, -0.15) is 26.3 Å². The van der Waals surface area contributed by atoms with Crippen molar-refractivity contribution in [2.45, 2.75) is 84.4 Å². The van der Waals surface area contributed by atoms with Gasteiger partial charge in [-0.15, -0.1) is 0 Å². The van der Waals surface area contributed by atoms with Crippen molar-refractivity contribution in [2.75, 3.05) is 26.2 Å². The van der Waals surface area contributed by atoms with Gasteiger partial charge in [-0.25, -0.2) is 8.78 Å². The number of aliphatic hydroxyl groups is 1. The topological polar surface area (TPSA) is 101 Å². The van der Waals surface area contributed by atoms with E-state index in [1.807, 2.05) is 10.2 Å². The number of aromatic nitrogens is 1. The Bertz CT molecular complexity index is 1880. The summed E-state index contributed by atoms with van der Waals surface area (Å²) >= 11 is 0. The van der Waals surface area contributed by atoms with Crippen molar-refractivity contribution in [2.24, 2.45) is 5.92 Å². The zero-order valence-corrected chi connectivity index (χ0v) is 29.8. The van der Waals surface area contributed by atoms with E-state index in [0.29, 0.717) is 23.7 Å². The Morgan fingerprint density at radius 3 is 2.08 bits per heavy atom. The fraction of sp³-hybridized carbons (Fsp3) is 0.486. The molecule has 0 spiro atoms. The predicted octanol–water partition coefficient (Wildman–Crippen LogP) is 7.20. The van der Waals surface area contributed by atoms with Gasteiger partial charge < -0.3 is 24.6 Å². The fourth-order valence-corrected chi connectivity index (χ4v) is 6.51. The SMILES string of the molecule is CCOC(=O)C[C@](O)(NC(=O)C(CC(C)C)n1cc(CCN2CCC2)c(C(F)(F)F)cc1=O)c1c(F)c(-c2c(C)cccc2C)cc(C(F)(F)F)c1F. The highest BCUT2D eigenvalue weighted by Gasteiger charge is 2.47. The van der Waals surface area contributed by atoms with Crippen LogP contribution in [0, 0.1) is 31.4 Å². The van der Waals surface area contributed by atoms with E-state index < -0.39 is 87.8 Å². The van der Waals surface area contributed by atoms with Crippen molar-refractivity contribution in [3.8, 4) is 11.1 Å². The van der Waals surface area contributed by atoms with Crippen molar-refractivity contribution in [1.82, 2.24) is 14.8 Å². The second-order valence-electron chi connectivity index (χ2n) is 13.6. The lowest BCUT2D eigenvalue weighted by Crippen LogP contribution is -2.52. The van der Waals surface area contributed by atoms with Crippen LogP contribution in [0.15, 0.2) is 41.3 Å². The third-order valence-corrected chi connectivity index (χ3v) is 9.15. The van der Waals surface area contributed by atoms with Gasteiger partial charge in [0.15, 0.2) is 5.72 Å². The quantitative estimate of drug-likeness (QED) is 0.109. The smallest absolute Gasteiger partial charge is 0.419 e. The molecule has 2 atom stereocenters. The van der Waals surface area contributed by atoms with Crippen LogP contribution in [-0.2, 0) is 38.8 Å². The molecule has 1 unspecified atom stereocenters. The molecule has 53 heavy (non-hydrogen) atoms. The van der Waals surface area contributed by atoms with E-state index in [2.05, 4.69) is 0 Å². The molecule has 3 aromatic rings. The molecule has 1 aliphatic heterocycles. The number of halogens is 8. The van der Waals surface area contributed by atoms with Gasteiger partial charge in [0.2, 0.25) is 5.91 Å². The van der Waals surface area contributed by atoms with Crippen LogP contribution in [0.4, 0.5) is 35.1 Å². The monoisotopic (exact) mass is 759 g/mol. The van der Waals surface area contributed by atoms with E-state index in [4.69, 9.17) is 4.74 Å². The number of carbonyl (C=O) groups excluding carboxylic acids is 2. The van der Waals surface area contributed by atoms with Gasteiger partial charge in [-0.05, 0) is 87.4 Å². The Balaban J connectivity index is 1.95. The number of esters is 1. The average molecular weight is 760 g/mol. The minimum absolute atomic E-state index is 0.0821. The Labute approximate surface area is 300 Å². The van der Waals surface area contributed by atoms with E-state index in [9.17, 15) is 45.8 Å². The Morgan fingerprint density at radius 2 is 1.57 bits per heavy atom. The zero-order valence-electron chi connectivity index (χ0n) is 29.8. The first kappa shape index (κ1) is 41.4. The molecular formula is C37H41F8N3O5. The number of aryl methyl sites for hydroxylation is 2. The molecule has 0 saturated carbocycles. The first-order valence-electron chi connectivity index (χ1n) is 17.0. The summed E-state index contributed by atoms with van der Waals surface area (Å²) in [6.07, 6.45) is -10.6. The molecule has 4 rings (SSSR count). The summed E-state index contributed by atoms with van der Waals surface area (Å²) in [4.78, 5) is 42.2. The Morgan fingerprint density at radius 1 is 0.962 bits per heavy atom. The number of amides is 1. The number of benzene rings is 2. The van der Waals surface area contributed by atoms with Gasteiger partial charge in [0.05, 0.1) is 29.7 Å². The number of carbonyl (C=O) groups is 2. The zero-order chi connectivity index (χ0) is 39.6. The second kappa shape index (κ2) is 16.0. The van der Waals surface area contributed by atoms with Crippen molar-refractivity contribution in [3.63, 3.8) is 0 Å². The van der Waals surface area contributed by atoms with Crippen LogP contribution in [0.25, 0.3) is 11.1 Å². The summed E-state index contributed by atoms with van der Waals surface area (Å²) in [6.45, 7) is 8.64. The number of nitrogens with zero attached hydrogens (tertiary/aromatic N) is 2. The molecule has 0 bridgehead atoms. The molecule has 1 amide bonds. The lowest BCUT2D eigenvalue weighted by molar-refractivity contribution is -0.153. The van der Waals surface area contributed by atoms with E-state index in [-0.39, 0.29) is 54.3 Å². The maximum atomic E-state index is 16.7. The highest BCUT2D eigenvalue weighted by atomic mass is 19.4. The molecule has 290 valence electrons. The molecular weight excluding hydrogens is 718 g/mol. The molecule has 8 nitrogen and oxygen atoms in total. The number of hydrogen-bond donors (Lipinski definition) is 2. The third-order valence-electron chi connectivity index (χ3n) is 9.15.